The largest absolute Gasteiger partial charge is 0.375 e. The van der Waals surface area contributed by atoms with Crippen LogP contribution in [0.1, 0.15) is 26.7 Å². The Balaban J connectivity index is 2.36. The first kappa shape index (κ1) is 11.2. The first-order chi connectivity index (χ1) is 6.75. The Morgan fingerprint density at radius 1 is 1.64 bits per heavy atom. The summed E-state index contributed by atoms with van der Waals surface area (Å²) in [5.74, 6) is 5.89. The minimum atomic E-state index is -0.137. The lowest BCUT2D eigenvalue weighted by Gasteiger charge is -2.29. The van der Waals surface area contributed by atoms with Crippen LogP contribution < -0.4 is 5.32 Å². The molecule has 0 saturated carbocycles. The lowest BCUT2D eigenvalue weighted by atomic mass is 10.0. The van der Waals surface area contributed by atoms with Gasteiger partial charge in [-0.15, -0.1) is 11.8 Å². The molecule has 0 aromatic rings. The molecule has 0 amide bonds. The smallest absolute Gasteiger partial charge is 0.153 e. The summed E-state index contributed by atoms with van der Waals surface area (Å²) in [4.78, 5) is 11.7. The molecule has 1 rings (SSSR count). The number of carbonyl (C=O) groups excluding carboxylic acids is 1. The van der Waals surface area contributed by atoms with Crippen molar-refractivity contribution in [1.82, 2.24) is 5.32 Å². The Labute approximate surface area is 85.2 Å². The Kier molecular flexibility index (Phi) is 4.64. The third kappa shape index (κ3) is 3.13. The van der Waals surface area contributed by atoms with Gasteiger partial charge in [0.1, 0.15) is 0 Å². The molecule has 78 valence electrons. The zero-order chi connectivity index (χ0) is 10.4. The molecule has 2 unspecified atom stereocenters. The van der Waals surface area contributed by atoms with Gasteiger partial charge in [-0.1, -0.05) is 0 Å². The van der Waals surface area contributed by atoms with Crippen LogP contribution in [0.25, 0.3) is 0 Å². The number of ether oxygens (including phenoxy) is 1. The van der Waals surface area contributed by atoms with Crippen LogP contribution in [0.15, 0.2) is 0 Å². The van der Waals surface area contributed by atoms with Crippen molar-refractivity contribution >= 4 is 5.78 Å². The van der Waals surface area contributed by atoms with Gasteiger partial charge in [-0.3, -0.25) is 4.79 Å². The van der Waals surface area contributed by atoms with Crippen LogP contribution in [-0.2, 0) is 9.53 Å². The molecule has 0 aromatic heterocycles. The molecule has 1 N–H and O–H groups in total. The van der Waals surface area contributed by atoms with Crippen molar-refractivity contribution in [3.63, 3.8) is 0 Å². The highest BCUT2D eigenvalue weighted by Gasteiger charge is 2.27. The molecule has 3 nitrogen and oxygen atoms in total. The molecule has 2 atom stereocenters. The molecule has 14 heavy (non-hydrogen) atoms. The van der Waals surface area contributed by atoms with Crippen LogP contribution in [-0.4, -0.2) is 31.1 Å². The monoisotopic (exact) mass is 195 g/mol. The van der Waals surface area contributed by atoms with Crippen LogP contribution in [0.5, 0.6) is 0 Å². The normalized spacial score (nSPS) is 26.4. The predicted molar refractivity (Wildman–Crippen MR) is 54.9 cm³/mol. The Morgan fingerprint density at radius 3 is 3.07 bits per heavy atom. The maximum absolute atomic E-state index is 11.7. The molecule has 1 aliphatic rings. The summed E-state index contributed by atoms with van der Waals surface area (Å²) in [7, 11) is 0. The molecule has 0 spiro atoms. The number of nitrogens with one attached hydrogen (secondary N) is 1. The SMILES string of the molecule is CC#CCCC(=O)C1NCCOC1C. The van der Waals surface area contributed by atoms with E-state index in [1.165, 1.54) is 0 Å². The van der Waals surface area contributed by atoms with E-state index in [9.17, 15) is 4.79 Å². The summed E-state index contributed by atoms with van der Waals surface area (Å²) in [5.41, 5.74) is 0. The highest BCUT2D eigenvalue weighted by atomic mass is 16.5. The second-order valence-corrected chi connectivity index (χ2v) is 3.40. The van der Waals surface area contributed by atoms with Crippen molar-refractivity contribution in [1.29, 1.82) is 0 Å². The number of Topliss-reactive ketones (excluding diaryl/α,β-unsaturated/α-hetero) is 1. The van der Waals surface area contributed by atoms with E-state index < -0.39 is 0 Å². The quantitative estimate of drug-likeness (QED) is 0.675. The highest BCUT2D eigenvalue weighted by molar-refractivity contribution is 5.84. The van der Waals surface area contributed by atoms with E-state index in [4.69, 9.17) is 4.74 Å². The molecule has 0 aromatic carbocycles. The molecule has 1 heterocycles. The lowest BCUT2D eigenvalue weighted by molar-refractivity contribution is -0.126. The molecule has 1 saturated heterocycles. The summed E-state index contributed by atoms with van der Waals surface area (Å²) in [6.45, 7) is 5.18. The fraction of sp³-hybridized carbons (Fsp3) is 0.727. The van der Waals surface area contributed by atoms with E-state index in [0.717, 1.165) is 6.54 Å². The number of hydrogen-bond donors (Lipinski definition) is 1. The first-order valence-electron chi connectivity index (χ1n) is 5.03. The zero-order valence-corrected chi connectivity index (χ0v) is 8.80. The van der Waals surface area contributed by atoms with Gasteiger partial charge in [0.25, 0.3) is 0 Å². The number of rotatable bonds is 3. The predicted octanol–water partition coefficient (Wildman–Crippen LogP) is 0.736. The van der Waals surface area contributed by atoms with E-state index in [-0.39, 0.29) is 17.9 Å². The second kappa shape index (κ2) is 5.79. The van der Waals surface area contributed by atoms with Crippen molar-refractivity contribution < 1.29 is 9.53 Å². The van der Waals surface area contributed by atoms with Crippen molar-refractivity contribution in [2.24, 2.45) is 0 Å². The van der Waals surface area contributed by atoms with Crippen molar-refractivity contribution in [3.05, 3.63) is 0 Å². The Hall–Kier alpha value is -0.850. The van der Waals surface area contributed by atoms with Gasteiger partial charge in [-0.05, 0) is 13.8 Å². The number of hydrogen-bond acceptors (Lipinski definition) is 3. The third-order valence-electron chi connectivity index (χ3n) is 2.34. The van der Waals surface area contributed by atoms with Gasteiger partial charge in [0.15, 0.2) is 5.78 Å². The first-order valence-corrected chi connectivity index (χ1v) is 5.03. The fourth-order valence-corrected chi connectivity index (χ4v) is 1.56. The summed E-state index contributed by atoms with van der Waals surface area (Å²) in [6.07, 6.45) is 1.16. The molecule has 1 aliphatic heterocycles. The topological polar surface area (TPSA) is 38.3 Å². The lowest BCUT2D eigenvalue weighted by Crippen LogP contribution is -2.51. The summed E-state index contributed by atoms with van der Waals surface area (Å²) in [5, 5.41) is 3.17. The molecule has 0 radical (unpaired) electrons. The summed E-state index contributed by atoms with van der Waals surface area (Å²) >= 11 is 0. The van der Waals surface area contributed by atoms with Crippen molar-refractivity contribution in [2.45, 2.75) is 38.8 Å². The van der Waals surface area contributed by atoms with Crippen molar-refractivity contribution in [3.8, 4) is 11.8 Å². The highest BCUT2D eigenvalue weighted by Crippen LogP contribution is 2.07. The number of morpholine rings is 1. The number of ketones is 1. The van der Waals surface area contributed by atoms with E-state index >= 15 is 0 Å². The molecule has 0 bridgehead atoms. The summed E-state index contributed by atoms with van der Waals surface area (Å²) in [6, 6.07) is -0.137. The van der Waals surface area contributed by atoms with Crippen LogP contribution >= 0.6 is 0 Å². The van der Waals surface area contributed by atoms with Crippen LogP contribution in [0.3, 0.4) is 0 Å². The van der Waals surface area contributed by atoms with E-state index in [2.05, 4.69) is 17.2 Å². The molecular formula is C11H17NO2. The minimum absolute atomic E-state index is 0.00849. The zero-order valence-electron chi connectivity index (χ0n) is 8.80. The van der Waals surface area contributed by atoms with Gasteiger partial charge in [0.2, 0.25) is 0 Å². The van der Waals surface area contributed by atoms with Crippen LogP contribution in [0, 0.1) is 11.8 Å². The summed E-state index contributed by atoms with van der Waals surface area (Å²) < 4.78 is 5.40. The Bertz CT molecular complexity index is 252. The molecular weight excluding hydrogens is 178 g/mol. The van der Waals surface area contributed by atoms with Gasteiger partial charge in [0, 0.05) is 19.4 Å². The van der Waals surface area contributed by atoms with Gasteiger partial charge in [-0.25, -0.2) is 0 Å². The van der Waals surface area contributed by atoms with Gasteiger partial charge < -0.3 is 10.1 Å². The molecule has 3 heteroatoms. The van der Waals surface area contributed by atoms with Gasteiger partial charge >= 0.3 is 0 Å². The second-order valence-electron chi connectivity index (χ2n) is 3.40. The average molecular weight is 195 g/mol. The van der Waals surface area contributed by atoms with E-state index in [1.54, 1.807) is 6.92 Å². The van der Waals surface area contributed by atoms with Gasteiger partial charge in [-0.2, -0.15) is 0 Å². The molecule has 1 fully saturated rings. The minimum Gasteiger partial charge on any atom is -0.375 e. The average Bonchev–Trinajstić information content (AvgIpc) is 2.18. The fourth-order valence-electron chi connectivity index (χ4n) is 1.56. The van der Waals surface area contributed by atoms with Gasteiger partial charge in [0.05, 0.1) is 18.8 Å². The third-order valence-corrected chi connectivity index (χ3v) is 2.34. The molecule has 0 aliphatic carbocycles. The maximum atomic E-state index is 11.7. The van der Waals surface area contributed by atoms with E-state index in [1.807, 2.05) is 6.92 Å². The number of carbonyl (C=O) groups is 1. The van der Waals surface area contributed by atoms with E-state index in [0.29, 0.717) is 19.4 Å². The Morgan fingerprint density at radius 2 is 2.43 bits per heavy atom. The van der Waals surface area contributed by atoms with Crippen LogP contribution in [0.4, 0.5) is 0 Å². The standard InChI is InChI=1S/C11H17NO2/c1-3-4-5-6-10(13)11-9(2)14-8-7-12-11/h9,11-12H,5-8H2,1-2H3. The maximum Gasteiger partial charge on any atom is 0.153 e. The van der Waals surface area contributed by atoms with Crippen molar-refractivity contribution in [2.75, 3.05) is 13.2 Å². The van der Waals surface area contributed by atoms with Crippen LogP contribution in [0.2, 0.25) is 0 Å².